The Morgan fingerprint density at radius 3 is 2.55 bits per heavy atom. The van der Waals surface area contributed by atoms with Crippen LogP contribution in [0.1, 0.15) is 50.5 Å². The van der Waals surface area contributed by atoms with Gasteiger partial charge in [0.15, 0.2) is 0 Å². The summed E-state index contributed by atoms with van der Waals surface area (Å²) in [7, 11) is 0. The summed E-state index contributed by atoms with van der Waals surface area (Å²) in [4.78, 5) is 14.7. The van der Waals surface area contributed by atoms with Gasteiger partial charge in [-0.25, -0.2) is 0 Å². The summed E-state index contributed by atoms with van der Waals surface area (Å²) in [6.07, 6.45) is 6.28. The largest absolute Gasteiger partial charge is 0.389 e. The van der Waals surface area contributed by atoms with Gasteiger partial charge in [0, 0.05) is 12.2 Å². The van der Waals surface area contributed by atoms with Gasteiger partial charge in [0.25, 0.3) is 0 Å². The fourth-order valence-electron chi connectivity index (χ4n) is 3.66. The standard InChI is InChI=1S/C18H26N2O2/c21-17(13-18(22)9-3-4-10-18)19-16-8-2-1-7-15(16)14-20-11-5-6-12-20/h1-2,7-8,22H,3-6,9-14H2,(H,19,21). The SMILES string of the molecule is O=C(CC1(O)CCCC1)Nc1ccccc1CN1CCCC1. The molecule has 1 saturated heterocycles. The maximum Gasteiger partial charge on any atom is 0.227 e. The van der Waals surface area contributed by atoms with Crippen LogP contribution in [0.15, 0.2) is 24.3 Å². The van der Waals surface area contributed by atoms with Gasteiger partial charge in [-0.15, -0.1) is 0 Å². The molecule has 1 heterocycles. The first kappa shape index (κ1) is 15.5. The lowest BCUT2D eigenvalue weighted by molar-refractivity contribution is -0.120. The van der Waals surface area contributed by atoms with Crippen molar-refractivity contribution >= 4 is 11.6 Å². The lowest BCUT2D eigenvalue weighted by atomic mass is 9.97. The normalized spacial score (nSPS) is 21.1. The van der Waals surface area contributed by atoms with Gasteiger partial charge < -0.3 is 10.4 Å². The summed E-state index contributed by atoms with van der Waals surface area (Å²) >= 11 is 0. The summed E-state index contributed by atoms with van der Waals surface area (Å²) in [6, 6.07) is 8.01. The Morgan fingerprint density at radius 1 is 1.14 bits per heavy atom. The smallest absolute Gasteiger partial charge is 0.227 e. The van der Waals surface area contributed by atoms with E-state index in [2.05, 4.69) is 16.3 Å². The van der Waals surface area contributed by atoms with Crippen LogP contribution in [0.4, 0.5) is 5.69 Å². The number of carbonyl (C=O) groups is 1. The Kier molecular flexibility index (Phi) is 4.79. The summed E-state index contributed by atoms with van der Waals surface area (Å²) in [5.74, 6) is -0.0710. The summed E-state index contributed by atoms with van der Waals surface area (Å²) in [5, 5.41) is 13.4. The number of aliphatic hydroxyl groups is 1. The van der Waals surface area contributed by atoms with Gasteiger partial charge in [0.2, 0.25) is 5.91 Å². The van der Waals surface area contributed by atoms with Gasteiger partial charge in [-0.05, 0) is 50.4 Å². The average molecular weight is 302 g/mol. The molecule has 1 aromatic carbocycles. The van der Waals surface area contributed by atoms with Crippen molar-refractivity contribution in [2.75, 3.05) is 18.4 Å². The van der Waals surface area contributed by atoms with E-state index >= 15 is 0 Å². The molecule has 1 aromatic rings. The fourth-order valence-corrected chi connectivity index (χ4v) is 3.66. The van der Waals surface area contributed by atoms with E-state index in [1.165, 1.54) is 12.8 Å². The van der Waals surface area contributed by atoms with E-state index < -0.39 is 5.60 Å². The maximum absolute atomic E-state index is 12.3. The zero-order valence-electron chi connectivity index (χ0n) is 13.2. The van der Waals surface area contributed by atoms with Gasteiger partial charge in [-0.3, -0.25) is 9.69 Å². The summed E-state index contributed by atoms with van der Waals surface area (Å²) in [5.41, 5.74) is 1.27. The number of carbonyl (C=O) groups excluding carboxylic acids is 1. The number of nitrogens with zero attached hydrogens (tertiary/aromatic N) is 1. The number of anilines is 1. The Labute approximate surface area is 132 Å². The zero-order chi connectivity index (χ0) is 15.4. The molecule has 120 valence electrons. The molecule has 2 fully saturated rings. The van der Waals surface area contributed by atoms with Crippen molar-refractivity contribution in [2.24, 2.45) is 0 Å². The molecule has 1 aliphatic heterocycles. The molecule has 0 aromatic heterocycles. The van der Waals surface area contributed by atoms with Crippen LogP contribution in [0, 0.1) is 0 Å². The van der Waals surface area contributed by atoms with E-state index in [4.69, 9.17) is 0 Å². The van der Waals surface area contributed by atoms with Gasteiger partial charge in [-0.1, -0.05) is 31.0 Å². The van der Waals surface area contributed by atoms with Crippen molar-refractivity contribution in [2.45, 2.75) is 57.1 Å². The second kappa shape index (κ2) is 6.80. The number of amides is 1. The molecule has 2 aliphatic rings. The molecule has 0 spiro atoms. The fraction of sp³-hybridized carbons (Fsp3) is 0.611. The van der Waals surface area contributed by atoms with E-state index in [0.717, 1.165) is 56.6 Å². The highest BCUT2D eigenvalue weighted by atomic mass is 16.3. The van der Waals surface area contributed by atoms with E-state index in [-0.39, 0.29) is 12.3 Å². The van der Waals surface area contributed by atoms with Crippen molar-refractivity contribution in [1.82, 2.24) is 4.90 Å². The van der Waals surface area contributed by atoms with Crippen molar-refractivity contribution in [3.05, 3.63) is 29.8 Å². The van der Waals surface area contributed by atoms with Gasteiger partial charge in [0.1, 0.15) is 0 Å². The molecular formula is C18H26N2O2. The third-order valence-electron chi connectivity index (χ3n) is 4.91. The van der Waals surface area contributed by atoms with E-state index in [9.17, 15) is 9.90 Å². The van der Waals surface area contributed by atoms with E-state index in [1.54, 1.807) is 0 Å². The highest BCUT2D eigenvalue weighted by molar-refractivity contribution is 5.92. The lowest BCUT2D eigenvalue weighted by Gasteiger charge is -2.22. The molecule has 4 heteroatoms. The van der Waals surface area contributed by atoms with Crippen LogP contribution < -0.4 is 5.32 Å². The van der Waals surface area contributed by atoms with E-state index in [1.807, 2.05) is 18.2 Å². The first-order chi connectivity index (χ1) is 10.6. The molecule has 0 bridgehead atoms. The quantitative estimate of drug-likeness (QED) is 0.879. The predicted molar refractivity (Wildman–Crippen MR) is 87.6 cm³/mol. The number of hydrogen-bond donors (Lipinski definition) is 2. The Hall–Kier alpha value is -1.39. The highest BCUT2D eigenvalue weighted by Gasteiger charge is 2.33. The molecule has 0 radical (unpaired) electrons. The molecule has 1 aliphatic carbocycles. The van der Waals surface area contributed by atoms with Crippen LogP contribution in [0.5, 0.6) is 0 Å². The van der Waals surface area contributed by atoms with Crippen molar-refractivity contribution in [3.63, 3.8) is 0 Å². The molecule has 22 heavy (non-hydrogen) atoms. The second-order valence-electron chi connectivity index (χ2n) is 6.80. The third-order valence-corrected chi connectivity index (χ3v) is 4.91. The molecule has 4 nitrogen and oxygen atoms in total. The molecular weight excluding hydrogens is 276 g/mol. The van der Waals surface area contributed by atoms with Crippen LogP contribution in [0.25, 0.3) is 0 Å². The number of para-hydroxylation sites is 1. The van der Waals surface area contributed by atoms with Crippen LogP contribution >= 0.6 is 0 Å². The van der Waals surface area contributed by atoms with Gasteiger partial charge in [0.05, 0.1) is 12.0 Å². The first-order valence-corrected chi connectivity index (χ1v) is 8.47. The average Bonchev–Trinajstić information content (AvgIpc) is 3.13. The molecule has 1 amide bonds. The second-order valence-corrected chi connectivity index (χ2v) is 6.80. The minimum atomic E-state index is -0.784. The Balaban J connectivity index is 1.62. The van der Waals surface area contributed by atoms with Crippen LogP contribution in [0.2, 0.25) is 0 Å². The van der Waals surface area contributed by atoms with Crippen LogP contribution in [-0.4, -0.2) is 34.6 Å². The minimum Gasteiger partial charge on any atom is -0.389 e. The first-order valence-electron chi connectivity index (χ1n) is 8.47. The number of hydrogen-bond acceptors (Lipinski definition) is 3. The molecule has 1 saturated carbocycles. The topological polar surface area (TPSA) is 52.6 Å². The van der Waals surface area contributed by atoms with E-state index in [0.29, 0.717) is 0 Å². The number of rotatable bonds is 5. The van der Waals surface area contributed by atoms with Crippen LogP contribution in [0.3, 0.4) is 0 Å². The molecule has 0 atom stereocenters. The van der Waals surface area contributed by atoms with Crippen molar-refractivity contribution in [3.8, 4) is 0 Å². The summed E-state index contributed by atoms with van der Waals surface area (Å²) < 4.78 is 0. The van der Waals surface area contributed by atoms with Crippen molar-refractivity contribution < 1.29 is 9.90 Å². The Morgan fingerprint density at radius 2 is 1.82 bits per heavy atom. The number of likely N-dealkylation sites (tertiary alicyclic amines) is 1. The third kappa shape index (κ3) is 3.87. The van der Waals surface area contributed by atoms with Crippen molar-refractivity contribution in [1.29, 1.82) is 0 Å². The zero-order valence-corrected chi connectivity index (χ0v) is 13.2. The predicted octanol–water partition coefficient (Wildman–Crippen LogP) is 2.92. The van der Waals surface area contributed by atoms with Gasteiger partial charge in [-0.2, -0.15) is 0 Å². The number of benzene rings is 1. The summed E-state index contributed by atoms with van der Waals surface area (Å²) in [6.45, 7) is 3.17. The van der Waals surface area contributed by atoms with Gasteiger partial charge >= 0.3 is 0 Å². The monoisotopic (exact) mass is 302 g/mol. The molecule has 3 rings (SSSR count). The maximum atomic E-state index is 12.3. The molecule has 0 unspecified atom stereocenters. The minimum absolute atomic E-state index is 0.0710. The van der Waals surface area contributed by atoms with Crippen LogP contribution in [-0.2, 0) is 11.3 Å². The Bertz CT molecular complexity index is 518. The number of nitrogens with one attached hydrogen (secondary N) is 1. The lowest BCUT2D eigenvalue weighted by Crippen LogP contribution is -2.31. The molecule has 2 N–H and O–H groups in total. The highest BCUT2D eigenvalue weighted by Crippen LogP contribution is 2.32.